The molecule has 6 nitrogen and oxygen atoms in total. The minimum atomic E-state index is -0.471. The van der Waals surface area contributed by atoms with Gasteiger partial charge in [-0.2, -0.15) is 0 Å². The summed E-state index contributed by atoms with van der Waals surface area (Å²) in [6.45, 7) is 9.48. The van der Waals surface area contributed by atoms with Crippen LogP contribution in [0, 0.1) is 0 Å². The molecule has 2 aromatic carbocycles. The Kier molecular flexibility index (Phi) is 6.55. The van der Waals surface area contributed by atoms with Crippen LogP contribution in [0.2, 0.25) is 0 Å². The van der Waals surface area contributed by atoms with Crippen molar-refractivity contribution in [3.8, 4) is 0 Å². The summed E-state index contributed by atoms with van der Waals surface area (Å²) in [5.74, 6) is -0.661. The minimum Gasteiger partial charge on any atom is -0.330 e. The standard InChI is InChI=1S/C24H29N3O3/c1-16(2)19-9-11-21(12-10-19)25-22(28)20-7-5-18(6-8-20)15-26-13-14-27(17(3)4)24(30)23(26)29/h5-12,16-17H,13-15H2,1-4H3,(H,25,28). The number of benzene rings is 2. The van der Waals surface area contributed by atoms with Crippen molar-refractivity contribution in [1.29, 1.82) is 0 Å². The van der Waals surface area contributed by atoms with E-state index >= 15 is 0 Å². The third-order valence-electron chi connectivity index (χ3n) is 5.39. The average Bonchev–Trinajstić information content (AvgIpc) is 2.72. The number of hydrogen-bond acceptors (Lipinski definition) is 3. The first kappa shape index (κ1) is 21.6. The quantitative estimate of drug-likeness (QED) is 0.744. The van der Waals surface area contributed by atoms with E-state index in [2.05, 4.69) is 19.2 Å². The number of hydrogen-bond donors (Lipinski definition) is 1. The van der Waals surface area contributed by atoms with Crippen molar-refractivity contribution >= 4 is 23.4 Å². The van der Waals surface area contributed by atoms with Gasteiger partial charge < -0.3 is 15.1 Å². The molecule has 6 heteroatoms. The molecule has 0 aliphatic carbocycles. The Morgan fingerprint density at radius 2 is 1.53 bits per heavy atom. The molecule has 3 amide bonds. The molecule has 0 saturated carbocycles. The van der Waals surface area contributed by atoms with Crippen molar-refractivity contribution in [2.75, 3.05) is 18.4 Å². The number of anilines is 1. The molecule has 0 radical (unpaired) electrons. The Labute approximate surface area is 177 Å². The molecule has 1 saturated heterocycles. The fourth-order valence-corrected chi connectivity index (χ4v) is 3.47. The Hall–Kier alpha value is -3.15. The van der Waals surface area contributed by atoms with Gasteiger partial charge in [0.1, 0.15) is 0 Å². The lowest BCUT2D eigenvalue weighted by molar-refractivity contribution is -0.157. The van der Waals surface area contributed by atoms with E-state index in [9.17, 15) is 14.4 Å². The van der Waals surface area contributed by atoms with E-state index in [0.717, 1.165) is 11.3 Å². The molecular formula is C24H29N3O3. The lowest BCUT2D eigenvalue weighted by atomic mass is 10.0. The van der Waals surface area contributed by atoms with Gasteiger partial charge in [-0.05, 0) is 55.2 Å². The predicted molar refractivity (Wildman–Crippen MR) is 117 cm³/mol. The molecule has 30 heavy (non-hydrogen) atoms. The molecule has 0 spiro atoms. The van der Waals surface area contributed by atoms with E-state index in [1.165, 1.54) is 5.56 Å². The van der Waals surface area contributed by atoms with Gasteiger partial charge in [-0.1, -0.05) is 38.1 Å². The number of amides is 3. The molecule has 1 heterocycles. The molecule has 1 N–H and O–H groups in total. The highest BCUT2D eigenvalue weighted by atomic mass is 16.2. The molecule has 1 aliphatic rings. The molecule has 3 rings (SSSR count). The van der Waals surface area contributed by atoms with Crippen LogP contribution in [0.1, 0.15) is 55.1 Å². The summed E-state index contributed by atoms with van der Waals surface area (Å²) in [6.07, 6.45) is 0. The third-order valence-corrected chi connectivity index (χ3v) is 5.39. The minimum absolute atomic E-state index is 0.0166. The third kappa shape index (κ3) is 4.87. The molecule has 0 atom stereocenters. The monoisotopic (exact) mass is 407 g/mol. The van der Waals surface area contributed by atoms with Crippen LogP contribution in [0.15, 0.2) is 48.5 Å². The van der Waals surface area contributed by atoms with Gasteiger partial charge in [0, 0.05) is 36.9 Å². The van der Waals surface area contributed by atoms with Crippen molar-refractivity contribution in [2.24, 2.45) is 0 Å². The first-order valence-corrected chi connectivity index (χ1v) is 10.4. The first-order valence-electron chi connectivity index (χ1n) is 10.4. The van der Waals surface area contributed by atoms with Crippen LogP contribution in [-0.2, 0) is 16.1 Å². The molecule has 1 aliphatic heterocycles. The largest absolute Gasteiger partial charge is 0.330 e. The molecule has 0 aromatic heterocycles. The van der Waals surface area contributed by atoms with Crippen molar-refractivity contribution in [1.82, 2.24) is 9.80 Å². The molecule has 2 aromatic rings. The van der Waals surface area contributed by atoms with Gasteiger partial charge >= 0.3 is 11.8 Å². The summed E-state index contributed by atoms with van der Waals surface area (Å²) >= 11 is 0. The zero-order chi connectivity index (χ0) is 21.8. The lowest BCUT2D eigenvalue weighted by Crippen LogP contribution is -2.55. The second-order valence-corrected chi connectivity index (χ2v) is 8.25. The van der Waals surface area contributed by atoms with Crippen LogP contribution in [-0.4, -0.2) is 46.7 Å². The molecule has 0 unspecified atom stereocenters. The van der Waals surface area contributed by atoms with Crippen LogP contribution in [0.5, 0.6) is 0 Å². The highest BCUT2D eigenvalue weighted by Crippen LogP contribution is 2.18. The average molecular weight is 408 g/mol. The fraction of sp³-hybridized carbons (Fsp3) is 0.375. The first-order chi connectivity index (χ1) is 14.3. The number of nitrogens with one attached hydrogen (secondary N) is 1. The Bertz CT molecular complexity index is 918. The SMILES string of the molecule is CC(C)c1ccc(NC(=O)c2ccc(CN3CCN(C(C)C)C(=O)C3=O)cc2)cc1. The number of piperazine rings is 1. The summed E-state index contributed by atoms with van der Waals surface area (Å²) in [7, 11) is 0. The molecule has 1 fully saturated rings. The van der Waals surface area contributed by atoms with Crippen LogP contribution < -0.4 is 5.32 Å². The maximum atomic E-state index is 12.5. The van der Waals surface area contributed by atoms with Crippen LogP contribution >= 0.6 is 0 Å². The summed E-state index contributed by atoms with van der Waals surface area (Å²) in [5.41, 5.74) is 3.39. The lowest BCUT2D eigenvalue weighted by Gasteiger charge is -2.36. The van der Waals surface area contributed by atoms with Gasteiger partial charge in [0.25, 0.3) is 5.91 Å². The number of carbonyl (C=O) groups is 3. The second kappa shape index (κ2) is 9.11. The van der Waals surface area contributed by atoms with Crippen LogP contribution in [0.3, 0.4) is 0 Å². The summed E-state index contributed by atoms with van der Waals surface area (Å²) in [4.78, 5) is 40.2. The van der Waals surface area contributed by atoms with Gasteiger partial charge in [0.15, 0.2) is 0 Å². The van der Waals surface area contributed by atoms with Gasteiger partial charge in [0.2, 0.25) is 0 Å². The van der Waals surface area contributed by atoms with Crippen molar-refractivity contribution < 1.29 is 14.4 Å². The van der Waals surface area contributed by atoms with E-state index < -0.39 is 11.8 Å². The Morgan fingerprint density at radius 3 is 2.10 bits per heavy atom. The number of rotatable bonds is 6. The number of carbonyl (C=O) groups excluding carboxylic acids is 3. The predicted octanol–water partition coefficient (Wildman–Crippen LogP) is 3.64. The Balaban J connectivity index is 1.60. The van der Waals surface area contributed by atoms with Crippen LogP contribution in [0.25, 0.3) is 0 Å². The van der Waals surface area contributed by atoms with Crippen molar-refractivity contribution in [2.45, 2.75) is 46.2 Å². The van der Waals surface area contributed by atoms with E-state index in [1.54, 1.807) is 21.9 Å². The topological polar surface area (TPSA) is 69.7 Å². The number of nitrogens with zero attached hydrogens (tertiary/aromatic N) is 2. The molecule has 158 valence electrons. The normalized spacial score (nSPS) is 14.6. The van der Waals surface area contributed by atoms with E-state index in [4.69, 9.17) is 0 Å². The highest BCUT2D eigenvalue weighted by Gasteiger charge is 2.33. The maximum absolute atomic E-state index is 12.5. The Morgan fingerprint density at radius 1 is 0.900 bits per heavy atom. The molecular weight excluding hydrogens is 378 g/mol. The van der Waals surface area contributed by atoms with Crippen LogP contribution in [0.4, 0.5) is 5.69 Å². The zero-order valence-electron chi connectivity index (χ0n) is 18.0. The highest BCUT2D eigenvalue weighted by molar-refractivity contribution is 6.35. The van der Waals surface area contributed by atoms with E-state index in [1.807, 2.05) is 50.2 Å². The van der Waals surface area contributed by atoms with Gasteiger partial charge in [-0.15, -0.1) is 0 Å². The summed E-state index contributed by atoms with van der Waals surface area (Å²) < 4.78 is 0. The van der Waals surface area contributed by atoms with Gasteiger partial charge in [-0.3, -0.25) is 14.4 Å². The van der Waals surface area contributed by atoms with E-state index in [0.29, 0.717) is 31.1 Å². The zero-order valence-corrected chi connectivity index (χ0v) is 18.0. The maximum Gasteiger partial charge on any atom is 0.312 e. The van der Waals surface area contributed by atoms with Crippen molar-refractivity contribution in [3.63, 3.8) is 0 Å². The fourth-order valence-electron chi connectivity index (χ4n) is 3.47. The summed E-state index contributed by atoms with van der Waals surface area (Å²) in [6, 6.07) is 15.0. The smallest absolute Gasteiger partial charge is 0.312 e. The van der Waals surface area contributed by atoms with Gasteiger partial charge in [0.05, 0.1) is 0 Å². The van der Waals surface area contributed by atoms with Gasteiger partial charge in [-0.25, -0.2) is 0 Å². The summed E-state index contributed by atoms with van der Waals surface area (Å²) in [5, 5.41) is 2.90. The van der Waals surface area contributed by atoms with Crippen molar-refractivity contribution in [3.05, 3.63) is 65.2 Å². The second-order valence-electron chi connectivity index (χ2n) is 8.25. The van der Waals surface area contributed by atoms with E-state index in [-0.39, 0.29) is 11.9 Å². The molecule has 0 bridgehead atoms.